The van der Waals surface area contributed by atoms with E-state index in [2.05, 4.69) is 26.1 Å². The second-order valence-electron chi connectivity index (χ2n) is 6.31. The van der Waals surface area contributed by atoms with Gasteiger partial charge in [0.05, 0.1) is 17.5 Å². The first-order valence-electron chi connectivity index (χ1n) is 9.04. The van der Waals surface area contributed by atoms with E-state index < -0.39 is 17.7 Å². The average molecular weight is 401 g/mol. The zero-order chi connectivity index (χ0) is 21.3. The molecule has 2 aromatic carbocycles. The van der Waals surface area contributed by atoms with Crippen molar-refractivity contribution in [1.29, 1.82) is 0 Å². The van der Waals surface area contributed by atoms with Crippen molar-refractivity contribution in [2.75, 3.05) is 10.6 Å². The number of nitrogens with one attached hydrogen (secondary N) is 3. The van der Waals surface area contributed by atoms with Gasteiger partial charge in [-0.2, -0.15) is 5.10 Å². The molecule has 0 bridgehead atoms. The van der Waals surface area contributed by atoms with Gasteiger partial charge in [-0.3, -0.25) is 19.4 Å². The van der Waals surface area contributed by atoms with Gasteiger partial charge in [0, 0.05) is 23.6 Å². The van der Waals surface area contributed by atoms with Crippen molar-refractivity contribution in [1.82, 2.24) is 10.4 Å². The highest BCUT2D eigenvalue weighted by molar-refractivity contribution is 6.40. The van der Waals surface area contributed by atoms with Crippen LogP contribution in [0.4, 0.5) is 11.4 Å². The van der Waals surface area contributed by atoms with Crippen LogP contribution in [0.3, 0.4) is 0 Å². The summed E-state index contributed by atoms with van der Waals surface area (Å²) in [5, 5.41) is 8.92. The van der Waals surface area contributed by atoms with Gasteiger partial charge in [-0.15, -0.1) is 0 Å². The van der Waals surface area contributed by atoms with Gasteiger partial charge < -0.3 is 10.6 Å². The maximum atomic E-state index is 12.6. The van der Waals surface area contributed by atoms with E-state index in [1.165, 1.54) is 12.3 Å². The monoisotopic (exact) mass is 401 g/mol. The lowest BCUT2D eigenvalue weighted by atomic mass is 10.1. The molecule has 0 radical (unpaired) electrons. The first-order valence-corrected chi connectivity index (χ1v) is 9.04. The number of hydrogen-bond donors (Lipinski definition) is 3. The number of anilines is 2. The van der Waals surface area contributed by atoms with Gasteiger partial charge in [-0.1, -0.05) is 35.9 Å². The van der Waals surface area contributed by atoms with E-state index in [0.717, 1.165) is 5.56 Å². The Kier molecular flexibility index (Phi) is 6.63. The molecule has 0 spiro atoms. The Morgan fingerprint density at radius 2 is 1.67 bits per heavy atom. The fraction of sp³-hybridized carbons (Fsp3) is 0.0455. The first-order chi connectivity index (χ1) is 14.5. The Morgan fingerprint density at radius 3 is 2.40 bits per heavy atom. The van der Waals surface area contributed by atoms with Crippen molar-refractivity contribution >= 4 is 35.3 Å². The van der Waals surface area contributed by atoms with E-state index in [0.29, 0.717) is 11.3 Å². The van der Waals surface area contributed by atoms with Crippen molar-refractivity contribution < 1.29 is 14.4 Å². The number of pyridine rings is 1. The van der Waals surface area contributed by atoms with Crippen molar-refractivity contribution in [2.45, 2.75) is 6.92 Å². The van der Waals surface area contributed by atoms with Crippen LogP contribution in [0.25, 0.3) is 0 Å². The zero-order valence-electron chi connectivity index (χ0n) is 16.1. The SMILES string of the molecule is Cc1ccc(NC(=O)c2ccccc2NC(=O)C(=O)NN=Cc2cccnc2)cc1. The van der Waals surface area contributed by atoms with Crippen LogP contribution in [-0.2, 0) is 9.59 Å². The molecule has 150 valence electrons. The number of aryl methyl sites for hydroxylation is 1. The van der Waals surface area contributed by atoms with Crippen LogP contribution >= 0.6 is 0 Å². The molecule has 0 saturated heterocycles. The van der Waals surface area contributed by atoms with Crippen LogP contribution in [0.2, 0.25) is 0 Å². The molecule has 1 aromatic heterocycles. The Hall–Kier alpha value is -4.33. The molecule has 1 heterocycles. The highest BCUT2D eigenvalue weighted by Crippen LogP contribution is 2.18. The highest BCUT2D eigenvalue weighted by atomic mass is 16.2. The quantitative estimate of drug-likeness (QED) is 0.347. The van der Waals surface area contributed by atoms with Crippen LogP contribution in [0.15, 0.2) is 78.2 Å². The van der Waals surface area contributed by atoms with Crippen LogP contribution in [-0.4, -0.2) is 28.9 Å². The Balaban J connectivity index is 1.64. The maximum Gasteiger partial charge on any atom is 0.329 e. The summed E-state index contributed by atoms with van der Waals surface area (Å²) in [7, 11) is 0. The Labute approximate surface area is 173 Å². The molecule has 0 fully saturated rings. The van der Waals surface area contributed by atoms with Gasteiger partial charge in [0.25, 0.3) is 5.91 Å². The van der Waals surface area contributed by atoms with Crippen LogP contribution in [0.1, 0.15) is 21.5 Å². The van der Waals surface area contributed by atoms with E-state index in [4.69, 9.17) is 0 Å². The number of aromatic nitrogens is 1. The molecule has 8 heteroatoms. The van der Waals surface area contributed by atoms with Gasteiger partial charge in [-0.25, -0.2) is 5.43 Å². The largest absolute Gasteiger partial charge is 0.329 e. The van der Waals surface area contributed by atoms with E-state index in [1.54, 1.807) is 54.9 Å². The summed E-state index contributed by atoms with van der Waals surface area (Å²) in [6.45, 7) is 1.95. The highest BCUT2D eigenvalue weighted by Gasteiger charge is 2.17. The Morgan fingerprint density at radius 1 is 0.900 bits per heavy atom. The van der Waals surface area contributed by atoms with Crippen LogP contribution < -0.4 is 16.1 Å². The molecule has 0 aliphatic heterocycles. The van der Waals surface area contributed by atoms with E-state index >= 15 is 0 Å². The summed E-state index contributed by atoms with van der Waals surface area (Å²) in [4.78, 5) is 40.7. The number of carbonyl (C=O) groups is 3. The van der Waals surface area contributed by atoms with E-state index in [1.807, 2.05) is 19.1 Å². The van der Waals surface area contributed by atoms with Crippen molar-refractivity contribution in [3.8, 4) is 0 Å². The average Bonchev–Trinajstić information content (AvgIpc) is 2.76. The molecule has 0 aliphatic carbocycles. The zero-order valence-corrected chi connectivity index (χ0v) is 16.1. The minimum Gasteiger partial charge on any atom is -0.322 e. The lowest BCUT2D eigenvalue weighted by Gasteiger charge is -2.11. The number of nitrogens with zero attached hydrogens (tertiary/aromatic N) is 2. The second kappa shape index (κ2) is 9.74. The minimum absolute atomic E-state index is 0.207. The molecular formula is C22H19N5O3. The van der Waals surface area contributed by atoms with Gasteiger partial charge in [0.1, 0.15) is 0 Å². The molecule has 0 aliphatic rings. The summed E-state index contributed by atoms with van der Waals surface area (Å²) in [6.07, 6.45) is 4.52. The van der Waals surface area contributed by atoms with Crippen molar-refractivity contribution in [2.24, 2.45) is 5.10 Å². The third-order valence-electron chi connectivity index (χ3n) is 4.00. The number of benzene rings is 2. The summed E-state index contributed by atoms with van der Waals surface area (Å²) in [5.41, 5.74) is 4.91. The fourth-order valence-corrected chi connectivity index (χ4v) is 2.47. The molecule has 0 unspecified atom stereocenters. The minimum atomic E-state index is -0.969. The first kappa shape index (κ1) is 20.4. The number of amides is 3. The molecule has 8 nitrogen and oxygen atoms in total. The van der Waals surface area contributed by atoms with E-state index in [-0.39, 0.29) is 11.3 Å². The predicted octanol–water partition coefficient (Wildman–Crippen LogP) is 2.73. The summed E-state index contributed by atoms with van der Waals surface area (Å²) in [5.74, 6) is -2.33. The molecule has 30 heavy (non-hydrogen) atoms. The third kappa shape index (κ3) is 5.59. The second-order valence-corrected chi connectivity index (χ2v) is 6.31. The number of hydrazone groups is 1. The molecule has 0 atom stereocenters. The summed E-state index contributed by atoms with van der Waals surface area (Å²) < 4.78 is 0. The number of rotatable bonds is 5. The molecule has 0 saturated carbocycles. The predicted molar refractivity (Wildman–Crippen MR) is 114 cm³/mol. The molecular weight excluding hydrogens is 382 g/mol. The van der Waals surface area contributed by atoms with Crippen LogP contribution in [0, 0.1) is 6.92 Å². The molecule has 3 aromatic rings. The normalized spacial score (nSPS) is 10.4. The fourth-order valence-electron chi connectivity index (χ4n) is 2.47. The summed E-state index contributed by atoms with van der Waals surface area (Å²) >= 11 is 0. The number of para-hydroxylation sites is 1. The smallest absolute Gasteiger partial charge is 0.322 e. The molecule has 3 rings (SSSR count). The van der Waals surface area contributed by atoms with Gasteiger partial charge >= 0.3 is 11.8 Å². The van der Waals surface area contributed by atoms with Gasteiger partial charge in [0.2, 0.25) is 0 Å². The maximum absolute atomic E-state index is 12.6. The lowest BCUT2D eigenvalue weighted by molar-refractivity contribution is -0.136. The lowest BCUT2D eigenvalue weighted by Crippen LogP contribution is -2.33. The Bertz CT molecular complexity index is 1080. The van der Waals surface area contributed by atoms with Gasteiger partial charge in [0.15, 0.2) is 0 Å². The van der Waals surface area contributed by atoms with Crippen molar-refractivity contribution in [3.05, 3.63) is 89.7 Å². The third-order valence-corrected chi connectivity index (χ3v) is 4.00. The van der Waals surface area contributed by atoms with E-state index in [9.17, 15) is 14.4 Å². The summed E-state index contributed by atoms with van der Waals surface area (Å²) in [6, 6.07) is 17.2. The molecule has 3 amide bonds. The van der Waals surface area contributed by atoms with Crippen LogP contribution in [0.5, 0.6) is 0 Å². The number of hydrogen-bond acceptors (Lipinski definition) is 5. The topological polar surface area (TPSA) is 113 Å². The van der Waals surface area contributed by atoms with Gasteiger partial charge in [-0.05, 0) is 37.3 Å². The molecule has 3 N–H and O–H groups in total. The van der Waals surface area contributed by atoms with Crippen molar-refractivity contribution in [3.63, 3.8) is 0 Å². The number of carbonyl (C=O) groups excluding carboxylic acids is 3. The standard InChI is InChI=1S/C22H19N5O3/c1-15-8-10-17(11-9-15)25-20(28)18-6-2-3-7-19(18)26-21(29)22(30)27-24-14-16-5-4-12-23-13-16/h2-14H,1H3,(H,25,28)(H,26,29)(H,27,30).